The molecule has 2 aliphatic heterocycles. The highest BCUT2D eigenvalue weighted by Crippen LogP contribution is 2.58. The average molecular weight is 524 g/mol. The van der Waals surface area contributed by atoms with Gasteiger partial charge in [-0.1, -0.05) is 58.4 Å². The van der Waals surface area contributed by atoms with Crippen LogP contribution in [-0.4, -0.2) is 31.7 Å². The molecule has 0 bridgehead atoms. The molecule has 8 heteroatoms. The Labute approximate surface area is 205 Å². The molecule has 5 rings (SSSR count). The van der Waals surface area contributed by atoms with Crippen LogP contribution in [0.2, 0.25) is 0 Å². The molecular formula is C26H22BrNO6. The summed E-state index contributed by atoms with van der Waals surface area (Å²) in [6, 6.07) is 23.9. The number of ether oxygens (including phenoxy) is 3. The number of carbonyl (C=O) groups is 2. The first-order chi connectivity index (χ1) is 16.5. The SMILES string of the molecule is COC(=O)C12C(=O)OC(c3ccc(Br)cc3)C1C(c1ccccc1)ON2c1ccc(OC)cc1. The van der Waals surface area contributed by atoms with Crippen LogP contribution in [0.5, 0.6) is 5.75 Å². The van der Waals surface area contributed by atoms with Crippen LogP contribution in [0.25, 0.3) is 0 Å². The molecule has 7 nitrogen and oxygen atoms in total. The van der Waals surface area contributed by atoms with E-state index in [-0.39, 0.29) is 0 Å². The molecule has 174 valence electrons. The fourth-order valence-corrected chi connectivity index (χ4v) is 5.04. The van der Waals surface area contributed by atoms with Gasteiger partial charge in [-0.3, -0.25) is 4.84 Å². The Bertz CT molecular complexity index is 1200. The van der Waals surface area contributed by atoms with Gasteiger partial charge < -0.3 is 14.2 Å². The van der Waals surface area contributed by atoms with Crippen molar-refractivity contribution in [1.82, 2.24) is 0 Å². The van der Waals surface area contributed by atoms with Gasteiger partial charge in [-0.2, -0.15) is 0 Å². The average Bonchev–Trinajstić information content (AvgIpc) is 3.39. The summed E-state index contributed by atoms with van der Waals surface area (Å²) < 4.78 is 17.3. The molecule has 4 unspecified atom stereocenters. The molecule has 3 aromatic rings. The van der Waals surface area contributed by atoms with Crippen LogP contribution in [-0.2, 0) is 23.9 Å². The summed E-state index contributed by atoms with van der Waals surface area (Å²) >= 11 is 3.44. The van der Waals surface area contributed by atoms with Gasteiger partial charge in [-0.05, 0) is 47.5 Å². The van der Waals surface area contributed by atoms with Crippen LogP contribution in [0, 0.1) is 5.92 Å². The van der Waals surface area contributed by atoms with Crippen molar-refractivity contribution >= 4 is 33.6 Å². The first kappa shape index (κ1) is 22.4. The zero-order valence-corrected chi connectivity index (χ0v) is 20.1. The van der Waals surface area contributed by atoms with Gasteiger partial charge in [0.25, 0.3) is 5.54 Å². The van der Waals surface area contributed by atoms with Gasteiger partial charge in [0.15, 0.2) is 0 Å². The lowest BCUT2D eigenvalue weighted by Crippen LogP contribution is -2.58. The minimum Gasteiger partial charge on any atom is -0.497 e. The van der Waals surface area contributed by atoms with E-state index in [4.69, 9.17) is 19.0 Å². The molecular weight excluding hydrogens is 502 g/mol. The molecule has 4 atom stereocenters. The van der Waals surface area contributed by atoms with E-state index in [1.807, 2.05) is 54.6 Å². The minimum absolute atomic E-state index is 0.503. The fraction of sp³-hybridized carbons (Fsp3) is 0.231. The number of anilines is 1. The summed E-state index contributed by atoms with van der Waals surface area (Å²) in [4.78, 5) is 33.5. The maximum atomic E-state index is 13.6. The van der Waals surface area contributed by atoms with Crippen LogP contribution < -0.4 is 9.80 Å². The molecule has 2 saturated heterocycles. The summed E-state index contributed by atoms with van der Waals surface area (Å²) in [7, 11) is 2.83. The van der Waals surface area contributed by atoms with Crippen molar-refractivity contribution in [2.45, 2.75) is 17.7 Å². The highest BCUT2D eigenvalue weighted by Gasteiger charge is 2.74. The van der Waals surface area contributed by atoms with E-state index >= 15 is 0 Å². The molecule has 0 N–H and O–H groups in total. The van der Waals surface area contributed by atoms with E-state index in [2.05, 4.69) is 15.9 Å². The number of halogens is 1. The first-order valence-electron chi connectivity index (χ1n) is 10.7. The molecule has 0 aromatic heterocycles. The topological polar surface area (TPSA) is 74.3 Å². The predicted molar refractivity (Wildman–Crippen MR) is 127 cm³/mol. The number of cyclic esters (lactones) is 1. The van der Waals surface area contributed by atoms with Crippen LogP contribution in [0.15, 0.2) is 83.3 Å². The normalized spacial score (nSPS) is 25.6. The van der Waals surface area contributed by atoms with E-state index in [0.717, 1.165) is 15.6 Å². The van der Waals surface area contributed by atoms with E-state index < -0.39 is 35.6 Å². The van der Waals surface area contributed by atoms with Gasteiger partial charge in [-0.15, -0.1) is 0 Å². The number of fused-ring (bicyclic) bond motifs is 1. The zero-order chi connectivity index (χ0) is 23.9. The number of esters is 2. The number of hydrogen-bond donors (Lipinski definition) is 0. The number of rotatable bonds is 5. The number of hydrogen-bond acceptors (Lipinski definition) is 7. The summed E-state index contributed by atoms with van der Waals surface area (Å²) in [5.74, 6) is -1.53. The van der Waals surface area contributed by atoms with Gasteiger partial charge in [0.1, 0.15) is 18.0 Å². The first-order valence-corrected chi connectivity index (χ1v) is 11.5. The maximum absolute atomic E-state index is 13.6. The highest BCUT2D eigenvalue weighted by atomic mass is 79.9. The van der Waals surface area contributed by atoms with Crippen LogP contribution in [0.1, 0.15) is 23.3 Å². The van der Waals surface area contributed by atoms with E-state index in [1.54, 1.807) is 31.4 Å². The summed E-state index contributed by atoms with van der Waals surface area (Å²) in [6.45, 7) is 0. The fourth-order valence-electron chi connectivity index (χ4n) is 4.77. The van der Waals surface area contributed by atoms with Gasteiger partial charge in [0.05, 0.1) is 25.8 Å². The summed E-state index contributed by atoms with van der Waals surface area (Å²) in [5.41, 5.74) is 0.246. The standard InChI is InChI=1S/C26H22BrNO6/c1-31-20-14-12-19(13-15-20)28-26(24(29)32-2)21(23(34-28)16-6-4-3-5-7-16)22(33-25(26)30)17-8-10-18(27)11-9-17/h3-15,21-23H,1-2H3. The quantitative estimate of drug-likeness (QED) is 0.352. The molecule has 2 aliphatic rings. The van der Waals surface area contributed by atoms with Crippen LogP contribution in [0.3, 0.4) is 0 Å². The second-order valence-corrected chi connectivity index (χ2v) is 9.01. The molecule has 0 spiro atoms. The zero-order valence-electron chi connectivity index (χ0n) is 18.5. The van der Waals surface area contributed by atoms with E-state index in [9.17, 15) is 9.59 Å². The van der Waals surface area contributed by atoms with Crippen LogP contribution >= 0.6 is 15.9 Å². The predicted octanol–water partition coefficient (Wildman–Crippen LogP) is 4.78. The van der Waals surface area contributed by atoms with Crippen molar-refractivity contribution < 1.29 is 28.6 Å². The molecule has 0 saturated carbocycles. The monoisotopic (exact) mass is 523 g/mol. The molecule has 0 amide bonds. The van der Waals surface area contributed by atoms with Gasteiger partial charge in [0, 0.05) is 4.47 Å². The molecule has 0 radical (unpaired) electrons. The minimum atomic E-state index is -1.83. The second-order valence-electron chi connectivity index (χ2n) is 8.09. The Kier molecular flexibility index (Phi) is 5.79. The molecule has 0 aliphatic carbocycles. The smallest absolute Gasteiger partial charge is 0.347 e. The Hall–Kier alpha value is -3.36. The number of benzene rings is 3. The van der Waals surface area contributed by atoms with E-state index in [0.29, 0.717) is 11.4 Å². The van der Waals surface area contributed by atoms with Gasteiger partial charge in [-0.25, -0.2) is 14.7 Å². The van der Waals surface area contributed by atoms with Crippen molar-refractivity contribution in [3.8, 4) is 5.75 Å². The van der Waals surface area contributed by atoms with Crippen molar-refractivity contribution in [2.75, 3.05) is 19.3 Å². The van der Waals surface area contributed by atoms with Gasteiger partial charge in [0.2, 0.25) is 0 Å². The summed E-state index contributed by atoms with van der Waals surface area (Å²) in [6.07, 6.45) is -1.38. The third-order valence-electron chi connectivity index (χ3n) is 6.35. The number of nitrogens with zero attached hydrogens (tertiary/aromatic N) is 1. The molecule has 2 heterocycles. The Balaban J connectivity index is 1.71. The molecule has 34 heavy (non-hydrogen) atoms. The van der Waals surface area contributed by atoms with E-state index in [1.165, 1.54) is 12.2 Å². The molecule has 3 aromatic carbocycles. The highest BCUT2D eigenvalue weighted by molar-refractivity contribution is 9.10. The Morgan fingerprint density at radius 1 is 0.912 bits per heavy atom. The van der Waals surface area contributed by atoms with Gasteiger partial charge >= 0.3 is 11.9 Å². The Morgan fingerprint density at radius 2 is 1.56 bits per heavy atom. The maximum Gasteiger partial charge on any atom is 0.347 e. The number of hydroxylamine groups is 1. The number of methoxy groups -OCH3 is 2. The Morgan fingerprint density at radius 3 is 2.18 bits per heavy atom. The lowest BCUT2D eigenvalue weighted by atomic mass is 9.76. The van der Waals surface area contributed by atoms with Crippen molar-refractivity contribution in [3.63, 3.8) is 0 Å². The largest absolute Gasteiger partial charge is 0.497 e. The van der Waals surface area contributed by atoms with Crippen molar-refractivity contribution in [2.24, 2.45) is 5.92 Å². The molecule has 2 fully saturated rings. The second kappa shape index (κ2) is 8.77. The third kappa shape index (κ3) is 3.36. The lowest BCUT2D eigenvalue weighted by Gasteiger charge is -2.31. The number of carbonyl (C=O) groups excluding carboxylic acids is 2. The summed E-state index contributed by atoms with van der Waals surface area (Å²) in [5, 5.41) is 1.35. The lowest BCUT2D eigenvalue weighted by molar-refractivity contribution is -0.159. The van der Waals surface area contributed by atoms with Crippen molar-refractivity contribution in [3.05, 3.63) is 94.5 Å². The van der Waals surface area contributed by atoms with Crippen LogP contribution in [0.4, 0.5) is 5.69 Å². The third-order valence-corrected chi connectivity index (χ3v) is 6.88. The van der Waals surface area contributed by atoms with Crippen molar-refractivity contribution in [1.29, 1.82) is 0 Å².